The molecule has 0 saturated carbocycles. The lowest BCUT2D eigenvalue weighted by molar-refractivity contribution is 0.588. The third-order valence-corrected chi connectivity index (χ3v) is 4.79. The number of hydrogen-bond acceptors (Lipinski definition) is 3. The summed E-state index contributed by atoms with van der Waals surface area (Å²) >= 11 is 10.8. The molecule has 3 N–H and O–H groups in total. The fourth-order valence-electron chi connectivity index (χ4n) is 1.70. The molecule has 0 aliphatic carbocycles. The molecule has 5 nitrogen and oxygen atoms in total. The van der Waals surface area contributed by atoms with Crippen LogP contribution in [-0.4, -0.2) is 20.6 Å². The largest absolute Gasteiger partial charge is 0.332 e. The molecule has 0 spiro atoms. The van der Waals surface area contributed by atoms with Gasteiger partial charge >= 0.3 is 0 Å². The minimum Gasteiger partial charge on any atom is -0.332 e. The van der Waals surface area contributed by atoms with Gasteiger partial charge < -0.3 is 10.6 Å². The normalized spacial score (nSPS) is 11.1. The number of anilines is 2. The van der Waals surface area contributed by atoms with Gasteiger partial charge in [0.2, 0.25) is 10.0 Å². The maximum atomic E-state index is 13.1. The highest BCUT2D eigenvalue weighted by atomic mass is 35.5. The van der Waals surface area contributed by atoms with E-state index in [1.807, 2.05) is 0 Å². The first-order valence-corrected chi connectivity index (χ1v) is 8.65. The molecule has 9 heteroatoms. The van der Waals surface area contributed by atoms with Gasteiger partial charge in [-0.3, -0.25) is 0 Å². The van der Waals surface area contributed by atoms with Gasteiger partial charge in [-0.25, -0.2) is 17.5 Å². The summed E-state index contributed by atoms with van der Waals surface area (Å²) in [6, 6.07) is 10.2. The molecule has 2 rings (SSSR count). The van der Waals surface area contributed by atoms with Crippen molar-refractivity contribution in [3.8, 4) is 0 Å². The monoisotopic (exact) mass is 373 g/mol. The highest BCUT2D eigenvalue weighted by Gasteiger charge is 2.10. The number of sulfonamides is 1. The molecule has 0 aliphatic heterocycles. The van der Waals surface area contributed by atoms with Crippen molar-refractivity contribution in [2.45, 2.75) is 4.90 Å². The molecule has 122 valence electrons. The van der Waals surface area contributed by atoms with Gasteiger partial charge in [0.05, 0.1) is 9.92 Å². The van der Waals surface area contributed by atoms with E-state index in [0.717, 1.165) is 0 Å². The molecule has 0 aromatic heterocycles. The third-order valence-electron chi connectivity index (χ3n) is 2.87. The predicted octanol–water partition coefficient (Wildman–Crippen LogP) is 3.20. The summed E-state index contributed by atoms with van der Waals surface area (Å²) in [6.07, 6.45) is 0. The molecule has 0 radical (unpaired) electrons. The SMILES string of the molecule is CNS(=O)(=O)c1ccc(NC(=S)Nc2ccc(F)c(Cl)c2)cc1. The molecule has 0 bridgehead atoms. The minimum atomic E-state index is -3.48. The van der Waals surface area contributed by atoms with Crippen molar-refractivity contribution >= 4 is 50.3 Å². The van der Waals surface area contributed by atoms with Crippen molar-refractivity contribution in [2.75, 3.05) is 17.7 Å². The summed E-state index contributed by atoms with van der Waals surface area (Å²) < 4.78 is 38.6. The fraction of sp³-hybridized carbons (Fsp3) is 0.0714. The van der Waals surface area contributed by atoms with Crippen LogP contribution < -0.4 is 15.4 Å². The van der Waals surface area contributed by atoms with E-state index in [4.69, 9.17) is 23.8 Å². The second-order valence-corrected chi connectivity index (χ2v) is 7.14. The van der Waals surface area contributed by atoms with Crippen LogP contribution in [0.2, 0.25) is 5.02 Å². The second-order valence-electron chi connectivity index (χ2n) is 4.44. The number of rotatable bonds is 4. The predicted molar refractivity (Wildman–Crippen MR) is 93.9 cm³/mol. The zero-order valence-corrected chi connectivity index (χ0v) is 14.3. The highest BCUT2D eigenvalue weighted by Crippen LogP contribution is 2.20. The number of halogens is 2. The van der Waals surface area contributed by atoms with Gasteiger partial charge in [-0.05, 0) is 61.7 Å². The van der Waals surface area contributed by atoms with Crippen LogP contribution in [0.1, 0.15) is 0 Å². The molecular weight excluding hydrogens is 361 g/mol. The van der Waals surface area contributed by atoms with Gasteiger partial charge in [0.25, 0.3) is 0 Å². The lowest BCUT2D eigenvalue weighted by atomic mass is 10.3. The van der Waals surface area contributed by atoms with Crippen LogP contribution >= 0.6 is 23.8 Å². The first-order valence-electron chi connectivity index (χ1n) is 6.38. The van der Waals surface area contributed by atoms with Crippen LogP contribution in [0.3, 0.4) is 0 Å². The maximum absolute atomic E-state index is 13.1. The molecule has 0 heterocycles. The minimum absolute atomic E-state index is 0.0144. The Kier molecular flexibility index (Phi) is 5.53. The van der Waals surface area contributed by atoms with Crippen LogP contribution in [0.15, 0.2) is 47.4 Å². The zero-order valence-electron chi connectivity index (χ0n) is 11.9. The van der Waals surface area contributed by atoms with Gasteiger partial charge in [-0.2, -0.15) is 0 Å². The summed E-state index contributed by atoms with van der Waals surface area (Å²) in [5, 5.41) is 5.99. The van der Waals surface area contributed by atoms with E-state index in [9.17, 15) is 12.8 Å². The van der Waals surface area contributed by atoms with E-state index in [0.29, 0.717) is 11.4 Å². The van der Waals surface area contributed by atoms with Crippen molar-refractivity contribution in [3.63, 3.8) is 0 Å². The lowest BCUT2D eigenvalue weighted by Gasteiger charge is -2.11. The number of hydrogen-bond donors (Lipinski definition) is 3. The van der Waals surface area contributed by atoms with Gasteiger partial charge in [-0.1, -0.05) is 11.6 Å². The number of benzene rings is 2. The van der Waals surface area contributed by atoms with Gasteiger partial charge in [0, 0.05) is 11.4 Å². The van der Waals surface area contributed by atoms with Gasteiger partial charge in [0.1, 0.15) is 5.82 Å². The van der Waals surface area contributed by atoms with Crippen molar-refractivity contribution in [2.24, 2.45) is 0 Å². The Morgan fingerprint density at radius 2 is 1.65 bits per heavy atom. The van der Waals surface area contributed by atoms with E-state index in [1.165, 1.54) is 37.4 Å². The maximum Gasteiger partial charge on any atom is 0.240 e. The Morgan fingerprint density at radius 3 is 2.22 bits per heavy atom. The standard InChI is InChI=1S/C14H13ClFN3O2S2/c1-17-23(20,21)11-5-2-9(3-6-11)18-14(22)19-10-4-7-13(16)12(15)8-10/h2-8,17H,1H3,(H2,18,19,22). The second kappa shape index (κ2) is 7.22. The fourth-order valence-corrected chi connectivity index (χ4v) is 2.85. The molecule has 0 aliphatic rings. The molecule has 2 aromatic rings. The molecular formula is C14H13ClFN3O2S2. The molecule has 23 heavy (non-hydrogen) atoms. The van der Waals surface area contributed by atoms with E-state index in [1.54, 1.807) is 12.1 Å². The van der Waals surface area contributed by atoms with Crippen LogP contribution in [0.5, 0.6) is 0 Å². The molecule has 0 unspecified atom stereocenters. The highest BCUT2D eigenvalue weighted by molar-refractivity contribution is 7.89. The van der Waals surface area contributed by atoms with Gasteiger partial charge in [-0.15, -0.1) is 0 Å². The quantitative estimate of drug-likeness (QED) is 0.718. The van der Waals surface area contributed by atoms with E-state index >= 15 is 0 Å². The summed E-state index contributed by atoms with van der Waals surface area (Å²) in [5.41, 5.74) is 1.13. The van der Waals surface area contributed by atoms with Crippen molar-refractivity contribution in [1.29, 1.82) is 0 Å². The Balaban J connectivity index is 2.04. The first-order chi connectivity index (χ1) is 10.8. The molecule has 2 aromatic carbocycles. The average Bonchev–Trinajstić information content (AvgIpc) is 2.51. The molecule has 0 amide bonds. The first kappa shape index (κ1) is 17.6. The summed E-state index contributed by atoms with van der Waals surface area (Å²) in [6.45, 7) is 0. The van der Waals surface area contributed by atoms with Crippen molar-refractivity contribution in [3.05, 3.63) is 53.3 Å². The summed E-state index contributed by atoms with van der Waals surface area (Å²) in [4.78, 5) is 0.148. The topological polar surface area (TPSA) is 70.2 Å². The Hall–Kier alpha value is -1.74. The summed E-state index contributed by atoms with van der Waals surface area (Å²) in [5.74, 6) is -0.516. The Morgan fingerprint density at radius 1 is 1.09 bits per heavy atom. The smallest absolute Gasteiger partial charge is 0.240 e. The van der Waals surface area contributed by atoms with E-state index < -0.39 is 15.8 Å². The average molecular weight is 374 g/mol. The molecule has 0 saturated heterocycles. The van der Waals surface area contributed by atoms with Crippen LogP contribution in [0.25, 0.3) is 0 Å². The van der Waals surface area contributed by atoms with Crippen LogP contribution in [-0.2, 0) is 10.0 Å². The van der Waals surface area contributed by atoms with Crippen molar-refractivity contribution < 1.29 is 12.8 Å². The zero-order chi connectivity index (χ0) is 17.0. The van der Waals surface area contributed by atoms with Crippen molar-refractivity contribution in [1.82, 2.24) is 4.72 Å². The number of nitrogens with one attached hydrogen (secondary N) is 3. The van der Waals surface area contributed by atoms with Crippen LogP contribution in [0.4, 0.5) is 15.8 Å². The van der Waals surface area contributed by atoms with Gasteiger partial charge in [0.15, 0.2) is 5.11 Å². The van der Waals surface area contributed by atoms with E-state index in [2.05, 4.69) is 15.4 Å². The molecule has 0 atom stereocenters. The number of thiocarbonyl (C=S) groups is 1. The summed E-state index contributed by atoms with van der Waals surface area (Å²) in [7, 11) is -2.14. The Bertz CT molecular complexity index is 826. The van der Waals surface area contributed by atoms with Crippen LogP contribution in [0, 0.1) is 5.82 Å². The Labute approximate surface area is 143 Å². The molecule has 0 fully saturated rings. The van der Waals surface area contributed by atoms with E-state index in [-0.39, 0.29) is 15.0 Å². The third kappa shape index (κ3) is 4.61. The lowest BCUT2D eigenvalue weighted by Crippen LogP contribution is -2.20.